The van der Waals surface area contributed by atoms with Gasteiger partial charge < -0.3 is 10.2 Å². The van der Waals surface area contributed by atoms with E-state index in [2.05, 4.69) is 5.32 Å². The van der Waals surface area contributed by atoms with Crippen LogP contribution in [-0.2, 0) is 11.3 Å². The summed E-state index contributed by atoms with van der Waals surface area (Å²) in [4.78, 5) is 13.9. The van der Waals surface area contributed by atoms with Crippen molar-refractivity contribution in [3.8, 4) is 0 Å². The van der Waals surface area contributed by atoms with E-state index in [1.165, 1.54) is 6.07 Å². The molecule has 0 aliphatic carbocycles. The standard InChI is InChI=1S/C17H16Cl3FN2O/c1-23(10-11-12(18)4-3-7-15(11)21)9-8-16(24)22-17-13(19)5-2-6-14(17)20/h2-7H,8-10H2,1H3,(H,22,24). The molecule has 2 aromatic carbocycles. The van der Waals surface area contributed by atoms with Crippen molar-refractivity contribution in [2.45, 2.75) is 13.0 Å². The third-order valence-electron chi connectivity index (χ3n) is 3.44. The summed E-state index contributed by atoms with van der Waals surface area (Å²) in [5.74, 6) is -0.585. The normalized spacial score (nSPS) is 10.9. The predicted molar refractivity (Wildman–Crippen MR) is 97.5 cm³/mol. The van der Waals surface area contributed by atoms with Gasteiger partial charge in [-0.2, -0.15) is 0 Å². The molecule has 2 rings (SSSR count). The van der Waals surface area contributed by atoms with Crippen LogP contribution in [0.2, 0.25) is 15.1 Å². The molecule has 2 aromatic rings. The van der Waals surface area contributed by atoms with Gasteiger partial charge in [-0.05, 0) is 31.3 Å². The van der Waals surface area contributed by atoms with Gasteiger partial charge in [0.05, 0.1) is 15.7 Å². The van der Waals surface area contributed by atoms with Crippen LogP contribution in [0.15, 0.2) is 36.4 Å². The first kappa shape index (κ1) is 19.0. The van der Waals surface area contributed by atoms with E-state index >= 15 is 0 Å². The second-order valence-electron chi connectivity index (χ2n) is 5.33. The number of rotatable bonds is 6. The SMILES string of the molecule is CN(CCC(=O)Nc1c(Cl)cccc1Cl)Cc1c(F)cccc1Cl. The van der Waals surface area contributed by atoms with Gasteiger partial charge in [-0.1, -0.05) is 46.9 Å². The number of benzene rings is 2. The highest BCUT2D eigenvalue weighted by Crippen LogP contribution is 2.29. The summed E-state index contributed by atoms with van der Waals surface area (Å²) in [5.41, 5.74) is 0.807. The number of halogens is 4. The third kappa shape index (κ3) is 5.08. The van der Waals surface area contributed by atoms with Crippen LogP contribution < -0.4 is 5.32 Å². The van der Waals surface area contributed by atoms with E-state index in [0.29, 0.717) is 39.4 Å². The fraction of sp³-hybridized carbons (Fsp3) is 0.235. The lowest BCUT2D eigenvalue weighted by atomic mass is 10.2. The maximum absolute atomic E-state index is 13.8. The average Bonchev–Trinajstić information content (AvgIpc) is 2.53. The van der Waals surface area contributed by atoms with Crippen molar-refractivity contribution in [3.63, 3.8) is 0 Å². The average molecular weight is 390 g/mol. The van der Waals surface area contributed by atoms with Crippen molar-refractivity contribution >= 4 is 46.4 Å². The minimum atomic E-state index is -0.360. The molecule has 0 radical (unpaired) electrons. The van der Waals surface area contributed by atoms with Crippen LogP contribution >= 0.6 is 34.8 Å². The van der Waals surface area contributed by atoms with E-state index in [9.17, 15) is 9.18 Å². The number of para-hydroxylation sites is 1. The number of carbonyl (C=O) groups is 1. The first-order valence-electron chi connectivity index (χ1n) is 7.23. The van der Waals surface area contributed by atoms with Crippen molar-refractivity contribution in [3.05, 3.63) is 62.8 Å². The molecular weight excluding hydrogens is 374 g/mol. The number of nitrogens with zero attached hydrogens (tertiary/aromatic N) is 1. The predicted octanol–water partition coefficient (Wildman–Crippen LogP) is 5.25. The van der Waals surface area contributed by atoms with E-state index in [1.807, 2.05) is 4.90 Å². The van der Waals surface area contributed by atoms with Gasteiger partial charge in [-0.15, -0.1) is 0 Å². The Hall–Kier alpha value is -1.33. The summed E-state index contributed by atoms with van der Waals surface area (Å²) in [7, 11) is 1.79. The van der Waals surface area contributed by atoms with Gasteiger partial charge in [0.2, 0.25) is 5.91 Å². The molecule has 128 valence electrons. The lowest BCUT2D eigenvalue weighted by Crippen LogP contribution is -2.24. The zero-order valence-corrected chi connectivity index (χ0v) is 15.2. The molecule has 0 saturated carbocycles. The molecule has 0 fully saturated rings. The molecule has 0 bridgehead atoms. The quantitative estimate of drug-likeness (QED) is 0.732. The highest BCUT2D eigenvalue weighted by Gasteiger charge is 2.13. The van der Waals surface area contributed by atoms with Crippen LogP contribution in [0.5, 0.6) is 0 Å². The molecular formula is C17H16Cl3FN2O. The summed E-state index contributed by atoms with van der Waals surface area (Å²) in [5, 5.41) is 3.81. The summed E-state index contributed by atoms with van der Waals surface area (Å²) < 4.78 is 13.8. The van der Waals surface area contributed by atoms with Gasteiger partial charge >= 0.3 is 0 Å². The third-order valence-corrected chi connectivity index (χ3v) is 4.42. The van der Waals surface area contributed by atoms with E-state index < -0.39 is 0 Å². The fourth-order valence-electron chi connectivity index (χ4n) is 2.14. The van der Waals surface area contributed by atoms with Gasteiger partial charge in [0.15, 0.2) is 0 Å². The number of hydrogen-bond donors (Lipinski definition) is 1. The van der Waals surface area contributed by atoms with Gasteiger partial charge in [0.1, 0.15) is 5.82 Å². The molecule has 3 nitrogen and oxygen atoms in total. The maximum Gasteiger partial charge on any atom is 0.225 e. The largest absolute Gasteiger partial charge is 0.324 e. The minimum absolute atomic E-state index is 0.212. The lowest BCUT2D eigenvalue weighted by Gasteiger charge is -2.18. The van der Waals surface area contributed by atoms with Crippen molar-refractivity contribution < 1.29 is 9.18 Å². The smallest absolute Gasteiger partial charge is 0.225 e. The topological polar surface area (TPSA) is 32.3 Å². The van der Waals surface area contributed by atoms with E-state index in [-0.39, 0.29) is 18.1 Å². The zero-order valence-electron chi connectivity index (χ0n) is 13.0. The molecule has 0 spiro atoms. The van der Waals surface area contributed by atoms with E-state index in [4.69, 9.17) is 34.8 Å². The van der Waals surface area contributed by atoms with Crippen molar-refractivity contribution in [2.75, 3.05) is 18.9 Å². The van der Waals surface area contributed by atoms with Crippen LogP contribution in [0.4, 0.5) is 10.1 Å². The Kier molecular flexibility index (Phi) is 6.87. The molecule has 0 saturated heterocycles. The maximum atomic E-state index is 13.8. The van der Waals surface area contributed by atoms with Crippen LogP contribution in [0, 0.1) is 5.82 Å². The molecule has 0 aliphatic rings. The number of nitrogens with one attached hydrogen (secondary N) is 1. The minimum Gasteiger partial charge on any atom is -0.324 e. The Morgan fingerprint density at radius 2 is 1.67 bits per heavy atom. The first-order valence-corrected chi connectivity index (χ1v) is 8.37. The molecule has 7 heteroatoms. The van der Waals surface area contributed by atoms with Gasteiger partial charge in [-0.25, -0.2) is 4.39 Å². The van der Waals surface area contributed by atoms with Crippen molar-refractivity contribution in [1.82, 2.24) is 4.90 Å². The monoisotopic (exact) mass is 388 g/mol. The van der Waals surface area contributed by atoms with Gasteiger partial charge in [0, 0.05) is 30.1 Å². The molecule has 24 heavy (non-hydrogen) atoms. The van der Waals surface area contributed by atoms with E-state index in [0.717, 1.165) is 0 Å². The Morgan fingerprint density at radius 3 is 2.29 bits per heavy atom. The summed E-state index contributed by atoms with van der Waals surface area (Å²) in [6, 6.07) is 9.56. The number of hydrogen-bond acceptors (Lipinski definition) is 2. The number of amides is 1. The summed E-state index contributed by atoms with van der Waals surface area (Å²) >= 11 is 18.0. The Morgan fingerprint density at radius 1 is 1.08 bits per heavy atom. The summed E-state index contributed by atoms with van der Waals surface area (Å²) in [6.45, 7) is 0.740. The highest BCUT2D eigenvalue weighted by atomic mass is 35.5. The summed E-state index contributed by atoms with van der Waals surface area (Å²) in [6.07, 6.45) is 0.212. The molecule has 1 amide bonds. The second-order valence-corrected chi connectivity index (χ2v) is 6.55. The Balaban J connectivity index is 1.90. The first-order chi connectivity index (χ1) is 11.4. The van der Waals surface area contributed by atoms with Crippen LogP contribution in [0.25, 0.3) is 0 Å². The Labute approximate surface area is 155 Å². The number of anilines is 1. The Bertz CT molecular complexity index is 699. The molecule has 0 aliphatic heterocycles. The molecule has 0 atom stereocenters. The van der Waals surface area contributed by atoms with Crippen LogP contribution in [-0.4, -0.2) is 24.4 Å². The van der Waals surface area contributed by atoms with Crippen molar-refractivity contribution in [1.29, 1.82) is 0 Å². The highest BCUT2D eigenvalue weighted by molar-refractivity contribution is 6.39. The van der Waals surface area contributed by atoms with Crippen LogP contribution in [0.3, 0.4) is 0 Å². The fourth-order valence-corrected chi connectivity index (χ4v) is 2.86. The van der Waals surface area contributed by atoms with E-state index in [1.54, 1.807) is 37.4 Å². The molecule has 0 heterocycles. The van der Waals surface area contributed by atoms with Crippen molar-refractivity contribution in [2.24, 2.45) is 0 Å². The molecule has 1 N–H and O–H groups in total. The molecule has 0 unspecified atom stereocenters. The van der Waals surface area contributed by atoms with Crippen LogP contribution in [0.1, 0.15) is 12.0 Å². The second kappa shape index (κ2) is 8.67. The number of carbonyl (C=O) groups excluding carboxylic acids is 1. The van der Waals surface area contributed by atoms with Gasteiger partial charge in [0.25, 0.3) is 0 Å². The lowest BCUT2D eigenvalue weighted by molar-refractivity contribution is -0.116. The zero-order chi connectivity index (χ0) is 17.7. The molecule has 0 aromatic heterocycles. The van der Waals surface area contributed by atoms with Gasteiger partial charge in [-0.3, -0.25) is 4.79 Å².